The maximum absolute atomic E-state index is 10.7. The lowest BCUT2D eigenvalue weighted by atomic mass is 10.2. The average molecular weight is 199 g/mol. The van der Waals surface area contributed by atoms with Crippen LogP contribution < -0.4 is 0 Å². The Kier molecular flexibility index (Phi) is 7.11. The second-order valence-corrected chi connectivity index (χ2v) is 3.88. The molecule has 82 valence electrons. The third-order valence-corrected chi connectivity index (χ3v) is 1.77. The Labute approximate surface area is 86.7 Å². The first-order chi connectivity index (χ1) is 6.56. The van der Waals surface area contributed by atoms with Crippen molar-refractivity contribution in [2.45, 2.75) is 20.3 Å². The van der Waals surface area contributed by atoms with Gasteiger partial charge in [0.2, 0.25) is 0 Å². The molecule has 0 saturated carbocycles. The Morgan fingerprint density at radius 2 is 2.21 bits per heavy atom. The molecule has 0 aromatic rings. The fraction of sp³-hybridized carbons (Fsp3) is 0.727. The highest BCUT2D eigenvalue weighted by Gasteiger charge is 2.01. The summed E-state index contributed by atoms with van der Waals surface area (Å²) in [6.45, 7) is 10.2. The van der Waals surface area contributed by atoms with E-state index in [0.29, 0.717) is 12.5 Å². The normalized spacial score (nSPS) is 10.6. The lowest BCUT2D eigenvalue weighted by molar-refractivity contribution is -0.137. The molecular weight excluding hydrogens is 178 g/mol. The number of rotatable bonds is 7. The van der Waals surface area contributed by atoms with Crippen LogP contribution in [0.5, 0.6) is 0 Å². The second-order valence-electron chi connectivity index (χ2n) is 3.88. The molecule has 0 bridgehead atoms. The van der Waals surface area contributed by atoms with Crippen LogP contribution in [-0.4, -0.2) is 37.6 Å². The smallest absolute Gasteiger partial charge is 0.330 e. The third-order valence-electron chi connectivity index (χ3n) is 1.77. The summed E-state index contributed by atoms with van der Waals surface area (Å²) in [6, 6.07) is 0. The maximum atomic E-state index is 10.7. The van der Waals surface area contributed by atoms with Gasteiger partial charge in [0.15, 0.2) is 0 Å². The molecular formula is C11H21NO2. The Morgan fingerprint density at radius 3 is 2.71 bits per heavy atom. The van der Waals surface area contributed by atoms with Gasteiger partial charge in [0.05, 0.1) is 6.61 Å². The fourth-order valence-corrected chi connectivity index (χ4v) is 1.28. The number of hydrogen-bond donors (Lipinski definition) is 0. The van der Waals surface area contributed by atoms with Gasteiger partial charge in [0.25, 0.3) is 0 Å². The van der Waals surface area contributed by atoms with Gasteiger partial charge in [-0.2, -0.15) is 0 Å². The molecule has 3 heteroatoms. The SMILES string of the molecule is C=CC(=O)OCCCN(C)CC(C)C. The van der Waals surface area contributed by atoms with Crippen LogP contribution in [0.2, 0.25) is 0 Å². The van der Waals surface area contributed by atoms with E-state index in [1.54, 1.807) is 0 Å². The average Bonchev–Trinajstić information content (AvgIpc) is 2.10. The van der Waals surface area contributed by atoms with Crippen LogP contribution in [0.15, 0.2) is 12.7 Å². The Hall–Kier alpha value is -0.830. The molecule has 0 spiro atoms. The van der Waals surface area contributed by atoms with E-state index in [1.165, 1.54) is 6.08 Å². The van der Waals surface area contributed by atoms with Crippen molar-refractivity contribution in [1.29, 1.82) is 0 Å². The molecule has 0 aliphatic carbocycles. The molecule has 0 rings (SSSR count). The van der Waals surface area contributed by atoms with Crippen molar-refractivity contribution >= 4 is 5.97 Å². The first kappa shape index (κ1) is 13.2. The summed E-state index contributed by atoms with van der Waals surface area (Å²) in [5.74, 6) is 0.340. The van der Waals surface area contributed by atoms with Crippen molar-refractivity contribution in [3.8, 4) is 0 Å². The summed E-state index contributed by atoms with van der Waals surface area (Å²) in [4.78, 5) is 12.9. The van der Waals surface area contributed by atoms with E-state index >= 15 is 0 Å². The molecule has 0 fully saturated rings. The van der Waals surface area contributed by atoms with Gasteiger partial charge in [-0.15, -0.1) is 0 Å². The molecule has 0 atom stereocenters. The molecule has 0 heterocycles. The van der Waals surface area contributed by atoms with Crippen molar-refractivity contribution in [3.63, 3.8) is 0 Å². The zero-order valence-electron chi connectivity index (χ0n) is 9.45. The highest BCUT2D eigenvalue weighted by molar-refractivity contribution is 5.81. The van der Waals surface area contributed by atoms with Crippen molar-refractivity contribution in [3.05, 3.63) is 12.7 Å². The Bertz CT molecular complexity index is 178. The first-order valence-corrected chi connectivity index (χ1v) is 5.04. The topological polar surface area (TPSA) is 29.5 Å². The number of ether oxygens (including phenoxy) is 1. The van der Waals surface area contributed by atoms with Gasteiger partial charge in [-0.05, 0) is 19.4 Å². The van der Waals surface area contributed by atoms with E-state index in [-0.39, 0.29) is 5.97 Å². The molecule has 0 N–H and O–H groups in total. The number of carbonyl (C=O) groups is 1. The monoisotopic (exact) mass is 199 g/mol. The Morgan fingerprint density at radius 1 is 1.57 bits per heavy atom. The van der Waals surface area contributed by atoms with E-state index in [4.69, 9.17) is 4.74 Å². The molecule has 0 aromatic carbocycles. The summed E-state index contributed by atoms with van der Waals surface area (Å²) in [6.07, 6.45) is 2.07. The van der Waals surface area contributed by atoms with Crippen LogP contribution in [0, 0.1) is 5.92 Å². The number of nitrogens with zero attached hydrogens (tertiary/aromatic N) is 1. The van der Waals surface area contributed by atoms with E-state index in [9.17, 15) is 4.79 Å². The largest absolute Gasteiger partial charge is 0.462 e. The van der Waals surface area contributed by atoms with Crippen LogP contribution in [0.1, 0.15) is 20.3 Å². The van der Waals surface area contributed by atoms with Crippen LogP contribution in [-0.2, 0) is 9.53 Å². The van der Waals surface area contributed by atoms with Crippen LogP contribution in [0.3, 0.4) is 0 Å². The molecule has 0 unspecified atom stereocenters. The summed E-state index contributed by atoms with van der Waals surface area (Å²) in [7, 11) is 2.08. The van der Waals surface area contributed by atoms with E-state index in [0.717, 1.165) is 19.5 Å². The highest BCUT2D eigenvalue weighted by atomic mass is 16.5. The van der Waals surface area contributed by atoms with Crippen LogP contribution >= 0.6 is 0 Å². The molecule has 0 radical (unpaired) electrons. The van der Waals surface area contributed by atoms with Gasteiger partial charge >= 0.3 is 5.97 Å². The number of hydrogen-bond acceptors (Lipinski definition) is 3. The molecule has 0 amide bonds. The third kappa shape index (κ3) is 7.80. The summed E-state index contributed by atoms with van der Waals surface area (Å²) in [5.41, 5.74) is 0. The highest BCUT2D eigenvalue weighted by Crippen LogP contribution is 1.97. The van der Waals surface area contributed by atoms with E-state index in [1.807, 2.05) is 0 Å². The summed E-state index contributed by atoms with van der Waals surface area (Å²) in [5, 5.41) is 0. The van der Waals surface area contributed by atoms with Crippen molar-refractivity contribution in [2.75, 3.05) is 26.7 Å². The number of carbonyl (C=O) groups excluding carboxylic acids is 1. The minimum Gasteiger partial charge on any atom is -0.462 e. The quantitative estimate of drug-likeness (QED) is 0.355. The second kappa shape index (κ2) is 7.56. The van der Waals surface area contributed by atoms with Gasteiger partial charge in [-0.25, -0.2) is 4.79 Å². The Balaban J connectivity index is 3.35. The predicted molar refractivity (Wildman–Crippen MR) is 58.1 cm³/mol. The van der Waals surface area contributed by atoms with E-state index < -0.39 is 0 Å². The van der Waals surface area contributed by atoms with Gasteiger partial charge in [0.1, 0.15) is 0 Å². The predicted octanol–water partition coefficient (Wildman–Crippen LogP) is 1.69. The van der Waals surface area contributed by atoms with Gasteiger partial charge < -0.3 is 9.64 Å². The zero-order chi connectivity index (χ0) is 11.0. The summed E-state index contributed by atoms with van der Waals surface area (Å²) >= 11 is 0. The molecule has 3 nitrogen and oxygen atoms in total. The van der Waals surface area contributed by atoms with Gasteiger partial charge in [0, 0.05) is 19.2 Å². The standard InChI is InChI=1S/C11H21NO2/c1-5-11(13)14-8-6-7-12(4)9-10(2)3/h5,10H,1,6-9H2,2-4H3. The zero-order valence-corrected chi connectivity index (χ0v) is 9.45. The minimum atomic E-state index is -0.337. The fourth-order valence-electron chi connectivity index (χ4n) is 1.28. The van der Waals surface area contributed by atoms with Crippen molar-refractivity contribution in [2.24, 2.45) is 5.92 Å². The molecule has 0 aliphatic heterocycles. The van der Waals surface area contributed by atoms with Crippen LogP contribution in [0.25, 0.3) is 0 Å². The maximum Gasteiger partial charge on any atom is 0.330 e. The first-order valence-electron chi connectivity index (χ1n) is 5.04. The van der Waals surface area contributed by atoms with E-state index in [2.05, 4.69) is 32.4 Å². The van der Waals surface area contributed by atoms with Gasteiger partial charge in [-0.3, -0.25) is 0 Å². The van der Waals surface area contributed by atoms with Crippen molar-refractivity contribution < 1.29 is 9.53 Å². The molecule has 0 aliphatic rings. The van der Waals surface area contributed by atoms with Crippen molar-refractivity contribution in [1.82, 2.24) is 4.90 Å². The molecule has 0 saturated heterocycles. The van der Waals surface area contributed by atoms with Gasteiger partial charge in [-0.1, -0.05) is 20.4 Å². The van der Waals surface area contributed by atoms with Crippen LogP contribution in [0.4, 0.5) is 0 Å². The summed E-state index contributed by atoms with van der Waals surface area (Å²) < 4.78 is 4.86. The number of esters is 1. The lowest BCUT2D eigenvalue weighted by Crippen LogP contribution is -2.25. The minimum absolute atomic E-state index is 0.337. The molecule has 14 heavy (non-hydrogen) atoms. The lowest BCUT2D eigenvalue weighted by Gasteiger charge is -2.18. The molecule has 0 aromatic heterocycles.